The van der Waals surface area contributed by atoms with Crippen LogP contribution in [0.5, 0.6) is 0 Å². The number of benzene rings is 1. The molecule has 0 radical (unpaired) electrons. The molecule has 0 saturated carbocycles. The van der Waals surface area contributed by atoms with Gasteiger partial charge >= 0.3 is 0 Å². The molecule has 2 rings (SSSR count). The lowest BCUT2D eigenvalue weighted by molar-refractivity contribution is 0.491. The Morgan fingerprint density at radius 3 is 2.15 bits per heavy atom. The fourth-order valence-electron chi connectivity index (χ4n) is 2.84. The number of aryl methyl sites for hydroxylation is 4. The smallest absolute Gasteiger partial charge is 0.128 e. The molecule has 3 N–H and O–H groups in total. The maximum Gasteiger partial charge on any atom is 0.128 e. The number of furan rings is 1. The molecule has 3 nitrogen and oxygen atoms in total. The van der Waals surface area contributed by atoms with Crippen LogP contribution in [-0.2, 0) is 0 Å². The molecule has 0 aliphatic heterocycles. The van der Waals surface area contributed by atoms with Gasteiger partial charge in [-0.3, -0.25) is 5.84 Å². The quantitative estimate of drug-likeness (QED) is 0.666. The van der Waals surface area contributed by atoms with E-state index in [4.69, 9.17) is 10.3 Å². The first-order valence-corrected chi connectivity index (χ1v) is 6.66. The van der Waals surface area contributed by atoms with Gasteiger partial charge in [0.25, 0.3) is 0 Å². The molecule has 20 heavy (non-hydrogen) atoms. The van der Waals surface area contributed by atoms with E-state index in [1.165, 1.54) is 6.07 Å². The van der Waals surface area contributed by atoms with Crippen LogP contribution in [0, 0.1) is 40.4 Å². The summed E-state index contributed by atoms with van der Waals surface area (Å²) in [4.78, 5) is 0. The number of hydrogen-bond acceptors (Lipinski definition) is 3. The maximum absolute atomic E-state index is 14.4. The third-order valence-corrected chi connectivity index (χ3v) is 3.84. The Kier molecular flexibility index (Phi) is 3.97. The molecule has 1 aromatic heterocycles. The summed E-state index contributed by atoms with van der Waals surface area (Å²) in [6.07, 6.45) is 0. The second-order valence-corrected chi connectivity index (χ2v) is 5.33. The zero-order valence-electron chi connectivity index (χ0n) is 12.6. The van der Waals surface area contributed by atoms with Crippen molar-refractivity contribution in [2.45, 2.75) is 40.7 Å². The van der Waals surface area contributed by atoms with Crippen LogP contribution in [0.4, 0.5) is 4.39 Å². The zero-order valence-corrected chi connectivity index (χ0v) is 12.6. The van der Waals surface area contributed by atoms with E-state index < -0.39 is 6.04 Å². The Labute approximate surface area is 118 Å². The zero-order chi connectivity index (χ0) is 15.0. The lowest BCUT2D eigenvalue weighted by Crippen LogP contribution is -2.31. The van der Waals surface area contributed by atoms with Gasteiger partial charge < -0.3 is 4.42 Å². The standard InChI is InChI=1S/C16H21FN2O/c1-8-6-9(2)14(13(17)7-8)16(19-18)15-10(3)11(4)20-12(15)5/h6-7,16,19H,18H2,1-5H3. The van der Waals surface area contributed by atoms with Crippen LogP contribution >= 0.6 is 0 Å². The number of halogens is 1. The van der Waals surface area contributed by atoms with Gasteiger partial charge in [-0.25, -0.2) is 9.82 Å². The summed E-state index contributed by atoms with van der Waals surface area (Å²) in [5.74, 6) is 7.06. The number of hydrogen-bond donors (Lipinski definition) is 2. The molecule has 1 atom stereocenters. The molecule has 2 aromatic rings. The van der Waals surface area contributed by atoms with Crippen molar-refractivity contribution in [3.05, 3.63) is 57.3 Å². The molecule has 1 aromatic carbocycles. The first-order valence-electron chi connectivity index (χ1n) is 6.66. The summed E-state index contributed by atoms with van der Waals surface area (Å²) in [5.41, 5.74) is 7.00. The second-order valence-electron chi connectivity index (χ2n) is 5.33. The highest BCUT2D eigenvalue weighted by molar-refractivity contribution is 5.44. The van der Waals surface area contributed by atoms with E-state index in [1.54, 1.807) is 0 Å². The average molecular weight is 276 g/mol. The van der Waals surface area contributed by atoms with Crippen molar-refractivity contribution in [3.63, 3.8) is 0 Å². The van der Waals surface area contributed by atoms with Crippen molar-refractivity contribution < 1.29 is 8.81 Å². The Morgan fingerprint density at radius 2 is 1.70 bits per heavy atom. The SMILES string of the molecule is Cc1cc(C)c(C(NN)c2c(C)oc(C)c2C)c(F)c1. The Balaban J connectivity index is 2.65. The third-order valence-electron chi connectivity index (χ3n) is 3.84. The molecule has 0 aliphatic rings. The summed E-state index contributed by atoms with van der Waals surface area (Å²) >= 11 is 0. The molecular formula is C16H21FN2O. The fraction of sp³-hybridized carbons (Fsp3) is 0.375. The van der Waals surface area contributed by atoms with Crippen LogP contribution in [0.2, 0.25) is 0 Å². The van der Waals surface area contributed by atoms with Gasteiger partial charge in [0.1, 0.15) is 17.3 Å². The van der Waals surface area contributed by atoms with Gasteiger partial charge in [0, 0.05) is 11.1 Å². The van der Waals surface area contributed by atoms with Crippen LogP contribution in [-0.4, -0.2) is 0 Å². The first kappa shape index (κ1) is 14.8. The topological polar surface area (TPSA) is 51.2 Å². The van der Waals surface area contributed by atoms with Crippen molar-refractivity contribution in [3.8, 4) is 0 Å². The average Bonchev–Trinajstić information content (AvgIpc) is 2.59. The Morgan fingerprint density at radius 1 is 1.05 bits per heavy atom. The second kappa shape index (κ2) is 5.38. The molecule has 0 bridgehead atoms. The summed E-state index contributed by atoms with van der Waals surface area (Å²) in [5, 5.41) is 0. The van der Waals surface area contributed by atoms with E-state index in [0.717, 1.165) is 33.8 Å². The highest BCUT2D eigenvalue weighted by Crippen LogP contribution is 2.34. The van der Waals surface area contributed by atoms with Gasteiger partial charge in [-0.1, -0.05) is 6.07 Å². The minimum atomic E-state index is -0.409. The minimum Gasteiger partial charge on any atom is -0.466 e. The van der Waals surface area contributed by atoms with Crippen molar-refractivity contribution in [1.29, 1.82) is 0 Å². The third kappa shape index (κ3) is 2.37. The molecule has 0 spiro atoms. The van der Waals surface area contributed by atoms with E-state index in [1.807, 2.05) is 40.7 Å². The van der Waals surface area contributed by atoms with Crippen molar-refractivity contribution in [2.75, 3.05) is 0 Å². The molecule has 1 unspecified atom stereocenters. The predicted octanol–water partition coefficient (Wildman–Crippen LogP) is 3.51. The number of nitrogens with two attached hydrogens (primary N) is 1. The molecule has 0 aliphatic carbocycles. The molecule has 1 heterocycles. The van der Waals surface area contributed by atoms with Crippen LogP contribution < -0.4 is 11.3 Å². The van der Waals surface area contributed by atoms with Gasteiger partial charge in [-0.15, -0.1) is 0 Å². The Bertz CT molecular complexity index is 623. The van der Waals surface area contributed by atoms with Crippen LogP contribution in [0.25, 0.3) is 0 Å². The van der Waals surface area contributed by atoms with Gasteiger partial charge in [-0.05, 0) is 57.4 Å². The first-order chi connectivity index (χ1) is 9.36. The van der Waals surface area contributed by atoms with Gasteiger partial charge in [0.2, 0.25) is 0 Å². The normalized spacial score (nSPS) is 12.8. The van der Waals surface area contributed by atoms with Crippen molar-refractivity contribution in [2.24, 2.45) is 5.84 Å². The molecule has 108 valence electrons. The summed E-state index contributed by atoms with van der Waals surface area (Å²) in [6, 6.07) is 3.08. The van der Waals surface area contributed by atoms with Crippen LogP contribution in [0.3, 0.4) is 0 Å². The lowest BCUT2D eigenvalue weighted by Gasteiger charge is -2.20. The van der Waals surface area contributed by atoms with Crippen molar-refractivity contribution >= 4 is 0 Å². The van der Waals surface area contributed by atoms with E-state index in [-0.39, 0.29) is 5.82 Å². The minimum absolute atomic E-state index is 0.247. The molecular weight excluding hydrogens is 255 g/mol. The van der Waals surface area contributed by atoms with E-state index >= 15 is 0 Å². The summed E-state index contributed by atoms with van der Waals surface area (Å²) < 4.78 is 20.0. The van der Waals surface area contributed by atoms with E-state index in [2.05, 4.69) is 5.43 Å². The van der Waals surface area contributed by atoms with Crippen LogP contribution in [0.1, 0.15) is 45.4 Å². The predicted molar refractivity (Wildman–Crippen MR) is 78.0 cm³/mol. The summed E-state index contributed by atoms with van der Waals surface area (Å²) in [6.45, 7) is 9.52. The highest BCUT2D eigenvalue weighted by Gasteiger charge is 2.25. The number of nitrogens with one attached hydrogen (secondary N) is 1. The molecule has 4 heteroatoms. The largest absolute Gasteiger partial charge is 0.466 e. The fourth-order valence-corrected chi connectivity index (χ4v) is 2.84. The van der Waals surface area contributed by atoms with E-state index in [0.29, 0.717) is 5.56 Å². The van der Waals surface area contributed by atoms with E-state index in [9.17, 15) is 4.39 Å². The molecule has 0 amide bonds. The monoisotopic (exact) mass is 276 g/mol. The van der Waals surface area contributed by atoms with Gasteiger partial charge in [0.15, 0.2) is 0 Å². The Hall–Kier alpha value is -1.65. The maximum atomic E-state index is 14.4. The van der Waals surface area contributed by atoms with Crippen molar-refractivity contribution in [1.82, 2.24) is 5.43 Å². The molecule has 0 fully saturated rings. The van der Waals surface area contributed by atoms with Gasteiger partial charge in [-0.2, -0.15) is 0 Å². The highest BCUT2D eigenvalue weighted by atomic mass is 19.1. The summed E-state index contributed by atoms with van der Waals surface area (Å²) in [7, 11) is 0. The van der Waals surface area contributed by atoms with Crippen LogP contribution in [0.15, 0.2) is 16.5 Å². The molecule has 0 saturated heterocycles. The van der Waals surface area contributed by atoms with Gasteiger partial charge in [0.05, 0.1) is 6.04 Å². The lowest BCUT2D eigenvalue weighted by atomic mass is 9.91. The number of rotatable bonds is 3. The number of hydrazine groups is 1.